The molecule has 0 saturated carbocycles. The van der Waals surface area contributed by atoms with Crippen molar-refractivity contribution in [1.82, 2.24) is 4.90 Å². The summed E-state index contributed by atoms with van der Waals surface area (Å²) >= 11 is 24.1. The Kier molecular flexibility index (Phi) is 2.89. The molecule has 0 radical (unpaired) electrons. The molecule has 0 unspecified atom stereocenters. The molecule has 0 fully saturated rings. The summed E-state index contributed by atoms with van der Waals surface area (Å²) < 4.78 is 0. The smallest absolute Gasteiger partial charge is 0.0797 e. The summed E-state index contributed by atoms with van der Waals surface area (Å²) in [5.74, 6) is 0. The number of halogens is 4. The minimum atomic E-state index is 0.354. The standard InChI is InChI=1S/C9H7Cl4N/c1-14-2-4-5(3-14)7(11)9(13)8(12)6(4)10/h2-3H2,1H3. The molecule has 2 rings (SSSR count). The van der Waals surface area contributed by atoms with Gasteiger partial charge in [-0.3, -0.25) is 4.90 Å². The van der Waals surface area contributed by atoms with Gasteiger partial charge in [0.1, 0.15) is 0 Å². The van der Waals surface area contributed by atoms with Crippen LogP contribution in [0.4, 0.5) is 0 Å². The molecule has 14 heavy (non-hydrogen) atoms. The Hall–Kier alpha value is 0.340. The van der Waals surface area contributed by atoms with E-state index in [9.17, 15) is 0 Å². The molecular weight excluding hydrogens is 264 g/mol. The van der Waals surface area contributed by atoms with E-state index in [-0.39, 0.29) is 0 Å². The molecule has 1 aliphatic heterocycles. The van der Waals surface area contributed by atoms with Crippen molar-refractivity contribution >= 4 is 46.4 Å². The van der Waals surface area contributed by atoms with Crippen LogP contribution in [0.2, 0.25) is 20.1 Å². The van der Waals surface area contributed by atoms with E-state index in [0.29, 0.717) is 20.1 Å². The van der Waals surface area contributed by atoms with E-state index in [1.54, 1.807) is 0 Å². The summed E-state index contributed by atoms with van der Waals surface area (Å²) in [5.41, 5.74) is 1.99. The summed E-state index contributed by atoms with van der Waals surface area (Å²) in [4.78, 5) is 2.11. The monoisotopic (exact) mass is 269 g/mol. The highest BCUT2D eigenvalue weighted by Gasteiger charge is 2.25. The first-order valence-electron chi connectivity index (χ1n) is 4.04. The van der Waals surface area contributed by atoms with Gasteiger partial charge in [-0.25, -0.2) is 0 Å². The molecule has 1 heterocycles. The Balaban J connectivity index is 2.70. The maximum Gasteiger partial charge on any atom is 0.0797 e. The lowest BCUT2D eigenvalue weighted by Gasteiger charge is -2.08. The van der Waals surface area contributed by atoms with Crippen molar-refractivity contribution < 1.29 is 0 Å². The predicted octanol–water partition coefficient (Wildman–Crippen LogP) is 4.25. The van der Waals surface area contributed by atoms with Crippen molar-refractivity contribution in [3.05, 3.63) is 31.2 Å². The number of hydrogen-bond donors (Lipinski definition) is 0. The van der Waals surface area contributed by atoms with E-state index >= 15 is 0 Å². The maximum absolute atomic E-state index is 6.08. The van der Waals surface area contributed by atoms with E-state index in [1.807, 2.05) is 7.05 Å². The second-order valence-corrected chi connectivity index (χ2v) is 4.90. The molecule has 0 bridgehead atoms. The van der Waals surface area contributed by atoms with Crippen LogP contribution in [0.25, 0.3) is 0 Å². The summed E-state index contributed by atoms with van der Waals surface area (Å²) in [6.07, 6.45) is 0. The highest BCUT2D eigenvalue weighted by atomic mass is 35.5. The van der Waals surface area contributed by atoms with Gasteiger partial charge in [-0.2, -0.15) is 0 Å². The van der Waals surface area contributed by atoms with Gasteiger partial charge in [0.2, 0.25) is 0 Å². The first-order valence-corrected chi connectivity index (χ1v) is 5.55. The molecule has 1 aromatic rings. The molecule has 0 N–H and O–H groups in total. The van der Waals surface area contributed by atoms with Crippen molar-refractivity contribution in [2.75, 3.05) is 7.05 Å². The molecular formula is C9H7Cl4N. The fourth-order valence-corrected chi connectivity index (χ4v) is 2.70. The normalized spacial score (nSPS) is 16.1. The largest absolute Gasteiger partial charge is 0.298 e. The zero-order valence-electron chi connectivity index (χ0n) is 7.37. The van der Waals surface area contributed by atoms with Crippen molar-refractivity contribution in [2.45, 2.75) is 13.1 Å². The number of nitrogens with zero attached hydrogens (tertiary/aromatic N) is 1. The molecule has 76 valence electrons. The Morgan fingerprint density at radius 1 is 0.786 bits per heavy atom. The van der Waals surface area contributed by atoms with E-state index in [0.717, 1.165) is 24.2 Å². The first-order chi connectivity index (χ1) is 6.52. The van der Waals surface area contributed by atoms with E-state index in [4.69, 9.17) is 46.4 Å². The van der Waals surface area contributed by atoms with Gasteiger partial charge in [0.15, 0.2) is 0 Å². The first kappa shape index (κ1) is 10.8. The van der Waals surface area contributed by atoms with Crippen LogP contribution in [0.15, 0.2) is 0 Å². The van der Waals surface area contributed by atoms with Crippen LogP contribution in [0.5, 0.6) is 0 Å². The predicted molar refractivity (Wildman–Crippen MR) is 61.7 cm³/mol. The fraction of sp³-hybridized carbons (Fsp3) is 0.333. The van der Waals surface area contributed by atoms with Crippen molar-refractivity contribution in [1.29, 1.82) is 0 Å². The molecule has 0 atom stereocenters. The molecule has 0 aromatic heterocycles. The number of benzene rings is 1. The minimum absolute atomic E-state index is 0.354. The zero-order chi connectivity index (χ0) is 10.5. The van der Waals surface area contributed by atoms with Gasteiger partial charge in [-0.05, 0) is 18.2 Å². The maximum atomic E-state index is 6.08. The zero-order valence-corrected chi connectivity index (χ0v) is 10.4. The SMILES string of the molecule is CN1Cc2c(Cl)c(Cl)c(Cl)c(Cl)c2C1. The van der Waals surface area contributed by atoms with E-state index < -0.39 is 0 Å². The van der Waals surface area contributed by atoms with Gasteiger partial charge >= 0.3 is 0 Å². The third kappa shape index (κ3) is 1.52. The summed E-state index contributed by atoms with van der Waals surface area (Å²) in [7, 11) is 1.99. The number of hydrogen-bond acceptors (Lipinski definition) is 1. The van der Waals surface area contributed by atoms with Crippen LogP contribution < -0.4 is 0 Å². The fourth-order valence-electron chi connectivity index (χ4n) is 1.65. The molecule has 1 aliphatic rings. The second-order valence-electron chi connectivity index (χ2n) is 3.39. The van der Waals surface area contributed by atoms with Crippen LogP contribution in [0, 0.1) is 0 Å². The summed E-state index contributed by atoms with van der Waals surface area (Å²) in [6.45, 7) is 1.54. The Morgan fingerprint density at radius 3 is 1.50 bits per heavy atom. The van der Waals surface area contributed by atoms with Crippen LogP contribution in [0.1, 0.15) is 11.1 Å². The van der Waals surface area contributed by atoms with Crippen LogP contribution >= 0.6 is 46.4 Å². The topological polar surface area (TPSA) is 3.24 Å². The van der Waals surface area contributed by atoms with Gasteiger partial charge in [0.25, 0.3) is 0 Å². The highest BCUT2D eigenvalue weighted by molar-refractivity contribution is 6.52. The molecule has 1 aromatic carbocycles. The van der Waals surface area contributed by atoms with Crippen LogP contribution in [-0.2, 0) is 13.1 Å². The van der Waals surface area contributed by atoms with Gasteiger partial charge in [0, 0.05) is 13.1 Å². The third-order valence-corrected chi connectivity index (χ3v) is 4.21. The average molecular weight is 271 g/mol. The van der Waals surface area contributed by atoms with Gasteiger partial charge in [0.05, 0.1) is 20.1 Å². The van der Waals surface area contributed by atoms with Crippen molar-refractivity contribution in [3.63, 3.8) is 0 Å². The molecule has 0 amide bonds. The van der Waals surface area contributed by atoms with E-state index in [2.05, 4.69) is 4.90 Å². The van der Waals surface area contributed by atoms with Crippen molar-refractivity contribution in [2.24, 2.45) is 0 Å². The Morgan fingerprint density at radius 2 is 1.14 bits per heavy atom. The van der Waals surface area contributed by atoms with Crippen LogP contribution in [-0.4, -0.2) is 11.9 Å². The Bertz CT molecular complexity index is 366. The lowest BCUT2D eigenvalue weighted by molar-refractivity contribution is 0.353. The highest BCUT2D eigenvalue weighted by Crippen LogP contribution is 2.44. The summed E-state index contributed by atoms with van der Waals surface area (Å²) in [6, 6.07) is 0. The lowest BCUT2D eigenvalue weighted by atomic mass is 10.1. The molecule has 5 heteroatoms. The van der Waals surface area contributed by atoms with Gasteiger partial charge in [-0.1, -0.05) is 46.4 Å². The summed E-state index contributed by atoms with van der Waals surface area (Å²) in [5, 5.41) is 1.76. The lowest BCUT2D eigenvalue weighted by Crippen LogP contribution is -2.07. The third-order valence-electron chi connectivity index (χ3n) is 2.33. The van der Waals surface area contributed by atoms with Gasteiger partial charge in [-0.15, -0.1) is 0 Å². The second kappa shape index (κ2) is 3.73. The van der Waals surface area contributed by atoms with Crippen molar-refractivity contribution in [3.8, 4) is 0 Å². The quantitative estimate of drug-likeness (QED) is 0.503. The number of fused-ring (bicyclic) bond motifs is 1. The molecule has 0 saturated heterocycles. The molecule has 0 aliphatic carbocycles. The van der Waals surface area contributed by atoms with E-state index in [1.165, 1.54) is 0 Å². The molecule has 1 nitrogen and oxygen atoms in total. The number of rotatable bonds is 0. The molecule has 0 spiro atoms. The van der Waals surface area contributed by atoms with Crippen LogP contribution in [0.3, 0.4) is 0 Å². The minimum Gasteiger partial charge on any atom is -0.298 e. The Labute approximate surface area is 102 Å². The average Bonchev–Trinajstić information content (AvgIpc) is 2.54. The van der Waals surface area contributed by atoms with Gasteiger partial charge < -0.3 is 0 Å².